The molecule has 0 fully saturated rings. The molecule has 5 rings (SSSR count). The Hall–Kier alpha value is -3.94. The topological polar surface area (TPSA) is 52.7 Å². The fraction of sp³-hybridized carbons (Fsp3) is 0.125. The van der Waals surface area contributed by atoms with E-state index in [1.54, 1.807) is 19.4 Å². The third-order valence-corrected chi connectivity index (χ3v) is 5.56. The van der Waals surface area contributed by atoms with Gasteiger partial charge in [-0.3, -0.25) is 19.1 Å². The van der Waals surface area contributed by atoms with Gasteiger partial charge in [-0.1, -0.05) is 18.2 Å². The van der Waals surface area contributed by atoms with Crippen LogP contribution in [-0.2, 0) is 13.2 Å². The molecule has 3 heterocycles. The minimum atomic E-state index is -4.51. The van der Waals surface area contributed by atoms with Gasteiger partial charge >= 0.3 is 11.9 Å². The zero-order chi connectivity index (χ0) is 22.6. The second-order valence-corrected chi connectivity index (χ2v) is 7.64. The number of hydrogen-bond donors (Lipinski definition) is 0. The number of aromatic nitrogens is 4. The predicted octanol–water partition coefficient (Wildman–Crippen LogP) is 5.27. The summed E-state index contributed by atoms with van der Waals surface area (Å²) in [5.41, 5.74) is 3.19. The molecule has 160 valence electrons. The number of aryl methyl sites for hydroxylation is 2. The molecule has 5 nitrogen and oxygen atoms in total. The minimum absolute atomic E-state index is 0.144. The molecule has 0 N–H and O–H groups in total. The summed E-state index contributed by atoms with van der Waals surface area (Å²) < 4.78 is 42.7. The van der Waals surface area contributed by atoms with E-state index >= 15 is 0 Å². The van der Waals surface area contributed by atoms with Gasteiger partial charge in [-0.25, -0.2) is 4.79 Å². The van der Waals surface area contributed by atoms with Crippen LogP contribution in [-0.4, -0.2) is 19.1 Å². The lowest BCUT2D eigenvalue weighted by molar-refractivity contribution is -0.137. The van der Waals surface area contributed by atoms with Crippen molar-refractivity contribution in [3.05, 3.63) is 88.7 Å². The van der Waals surface area contributed by atoms with Crippen LogP contribution in [0, 0.1) is 6.92 Å². The van der Waals surface area contributed by atoms with Crippen LogP contribution < -0.4 is 5.69 Å². The lowest BCUT2D eigenvalue weighted by atomic mass is 10.0. The van der Waals surface area contributed by atoms with E-state index in [-0.39, 0.29) is 5.69 Å². The van der Waals surface area contributed by atoms with Crippen LogP contribution in [0.25, 0.3) is 38.8 Å². The van der Waals surface area contributed by atoms with Crippen LogP contribution in [0.4, 0.5) is 13.2 Å². The molecule has 0 atom stereocenters. The van der Waals surface area contributed by atoms with Crippen molar-refractivity contribution in [2.45, 2.75) is 13.1 Å². The smallest absolute Gasteiger partial charge is 0.293 e. The minimum Gasteiger partial charge on any atom is -0.293 e. The maximum atomic E-state index is 13.3. The predicted molar refractivity (Wildman–Crippen MR) is 117 cm³/mol. The standard InChI is InChI=1S/C24H17F3N4O/c1-14-6-7-16(12-28-14)15-8-9-20-19(10-15)22-21(13-29-20)30(2)23(32)31(22)18-5-3-4-17(11-18)24(25,26)27/h3-13H,1-2H3. The Morgan fingerprint density at radius 1 is 0.906 bits per heavy atom. The van der Waals surface area contributed by atoms with E-state index < -0.39 is 17.4 Å². The Kier molecular flexibility index (Phi) is 4.40. The molecule has 0 amide bonds. The maximum absolute atomic E-state index is 13.3. The molecule has 8 heteroatoms. The highest BCUT2D eigenvalue weighted by molar-refractivity contribution is 6.04. The zero-order valence-corrected chi connectivity index (χ0v) is 17.2. The first-order chi connectivity index (χ1) is 15.2. The van der Waals surface area contributed by atoms with Crippen molar-refractivity contribution < 1.29 is 13.2 Å². The van der Waals surface area contributed by atoms with Gasteiger partial charge < -0.3 is 0 Å². The number of nitrogens with zero attached hydrogens (tertiary/aromatic N) is 4. The Balaban J connectivity index is 1.84. The molecule has 0 aliphatic carbocycles. The van der Waals surface area contributed by atoms with E-state index in [1.165, 1.54) is 21.3 Å². The Morgan fingerprint density at radius 2 is 1.69 bits per heavy atom. The molecular formula is C24H17F3N4O. The number of imidazole rings is 1. The number of fused-ring (bicyclic) bond motifs is 3. The second kappa shape index (κ2) is 7.05. The van der Waals surface area contributed by atoms with E-state index in [0.29, 0.717) is 21.9 Å². The van der Waals surface area contributed by atoms with Gasteiger partial charge in [-0.15, -0.1) is 0 Å². The lowest BCUT2D eigenvalue weighted by Gasteiger charge is -2.11. The third kappa shape index (κ3) is 3.15. The number of rotatable bonds is 2. The van der Waals surface area contributed by atoms with Crippen molar-refractivity contribution in [2.75, 3.05) is 0 Å². The first kappa shape index (κ1) is 20.0. The molecule has 0 unspecified atom stereocenters. The zero-order valence-electron chi connectivity index (χ0n) is 17.2. The van der Waals surface area contributed by atoms with Gasteiger partial charge in [-0.2, -0.15) is 13.2 Å². The van der Waals surface area contributed by atoms with Crippen LogP contribution in [0.5, 0.6) is 0 Å². The van der Waals surface area contributed by atoms with Crippen molar-refractivity contribution in [1.29, 1.82) is 0 Å². The fourth-order valence-corrected chi connectivity index (χ4v) is 3.88. The van der Waals surface area contributed by atoms with Crippen LogP contribution in [0.2, 0.25) is 0 Å². The van der Waals surface area contributed by atoms with E-state index in [0.717, 1.165) is 29.0 Å². The van der Waals surface area contributed by atoms with Crippen LogP contribution in [0.3, 0.4) is 0 Å². The molecule has 0 saturated carbocycles. The average Bonchev–Trinajstić information content (AvgIpc) is 3.04. The number of halogens is 3. The SMILES string of the molecule is Cc1ccc(-c2ccc3ncc4c(c3c2)n(-c2cccc(C(F)(F)F)c2)c(=O)n4C)cn1. The molecule has 3 aromatic heterocycles. The van der Waals surface area contributed by atoms with Crippen LogP contribution in [0.15, 0.2) is 71.8 Å². The molecule has 0 bridgehead atoms. The van der Waals surface area contributed by atoms with Gasteiger partial charge in [0.1, 0.15) is 0 Å². The van der Waals surface area contributed by atoms with Gasteiger partial charge in [-0.05, 0) is 48.9 Å². The summed E-state index contributed by atoms with van der Waals surface area (Å²) in [6.45, 7) is 1.90. The van der Waals surface area contributed by atoms with E-state index in [2.05, 4.69) is 9.97 Å². The number of pyridine rings is 2. The second-order valence-electron chi connectivity index (χ2n) is 7.64. The van der Waals surface area contributed by atoms with Gasteiger partial charge in [0, 0.05) is 29.9 Å². The first-order valence-corrected chi connectivity index (χ1v) is 9.85. The van der Waals surface area contributed by atoms with Crippen molar-refractivity contribution in [1.82, 2.24) is 19.1 Å². The van der Waals surface area contributed by atoms with Crippen molar-refractivity contribution in [3.63, 3.8) is 0 Å². The summed E-state index contributed by atoms with van der Waals surface area (Å²) in [6, 6.07) is 14.2. The summed E-state index contributed by atoms with van der Waals surface area (Å²) in [5.74, 6) is 0. The monoisotopic (exact) mass is 434 g/mol. The molecule has 2 aromatic carbocycles. The Bertz CT molecular complexity index is 1550. The quantitative estimate of drug-likeness (QED) is 0.381. The highest BCUT2D eigenvalue weighted by Crippen LogP contribution is 2.33. The molecule has 5 aromatic rings. The number of benzene rings is 2. The molecule has 0 aliphatic rings. The average molecular weight is 434 g/mol. The third-order valence-electron chi connectivity index (χ3n) is 5.56. The van der Waals surface area contributed by atoms with Crippen LogP contribution in [0.1, 0.15) is 11.3 Å². The van der Waals surface area contributed by atoms with E-state index in [1.807, 2.05) is 37.3 Å². The number of hydrogen-bond acceptors (Lipinski definition) is 3. The highest BCUT2D eigenvalue weighted by atomic mass is 19.4. The summed E-state index contributed by atoms with van der Waals surface area (Å²) >= 11 is 0. The molecule has 0 saturated heterocycles. The fourth-order valence-electron chi connectivity index (χ4n) is 3.88. The molecular weight excluding hydrogens is 417 g/mol. The molecule has 0 radical (unpaired) electrons. The normalized spacial score (nSPS) is 12.0. The Morgan fingerprint density at radius 3 is 2.41 bits per heavy atom. The maximum Gasteiger partial charge on any atom is 0.416 e. The van der Waals surface area contributed by atoms with Crippen molar-refractivity contribution in [2.24, 2.45) is 7.05 Å². The number of alkyl halides is 3. The van der Waals surface area contributed by atoms with Gasteiger partial charge in [0.15, 0.2) is 0 Å². The van der Waals surface area contributed by atoms with Gasteiger partial charge in [0.05, 0.1) is 34.0 Å². The van der Waals surface area contributed by atoms with Gasteiger partial charge in [0.2, 0.25) is 0 Å². The summed E-state index contributed by atoms with van der Waals surface area (Å²) in [7, 11) is 1.58. The summed E-state index contributed by atoms with van der Waals surface area (Å²) in [5, 5.41) is 0.663. The lowest BCUT2D eigenvalue weighted by Crippen LogP contribution is -2.21. The van der Waals surface area contributed by atoms with E-state index in [9.17, 15) is 18.0 Å². The van der Waals surface area contributed by atoms with E-state index in [4.69, 9.17) is 0 Å². The molecule has 0 aliphatic heterocycles. The van der Waals surface area contributed by atoms with Gasteiger partial charge in [0.25, 0.3) is 0 Å². The largest absolute Gasteiger partial charge is 0.416 e. The summed E-state index contributed by atoms with van der Waals surface area (Å²) in [4.78, 5) is 21.9. The molecule has 0 spiro atoms. The molecule has 32 heavy (non-hydrogen) atoms. The first-order valence-electron chi connectivity index (χ1n) is 9.85. The summed E-state index contributed by atoms with van der Waals surface area (Å²) in [6.07, 6.45) is -1.19. The highest BCUT2D eigenvalue weighted by Gasteiger charge is 2.31. The van der Waals surface area contributed by atoms with Crippen molar-refractivity contribution >= 4 is 21.9 Å². The van der Waals surface area contributed by atoms with Crippen LogP contribution >= 0.6 is 0 Å². The Labute approximate surface area is 180 Å². The van der Waals surface area contributed by atoms with Crippen molar-refractivity contribution in [3.8, 4) is 16.8 Å².